The molecule has 0 heteroatoms. The van der Waals surface area contributed by atoms with Crippen LogP contribution in [0.1, 0.15) is 44.5 Å². The molecule has 0 radical (unpaired) electrons. The molecule has 0 bridgehead atoms. The Hall–Kier alpha value is -3.64. The number of fused-ring (bicyclic) bond motifs is 3. The fourth-order valence-corrected chi connectivity index (χ4v) is 5.46. The third-order valence-electron chi connectivity index (χ3n) is 6.98. The van der Waals surface area contributed by atoms with Gasteiger partial charge in [-0.3, -0.25) is 0 Å². The molecule has 0 unspecified atom stereocenters. The van der Waals surface area contributed by atoms with Gasteiger partial charge in [-0.25, -0.2) is 0 Å². The van der Waals surface area contributed by atoms with Crippen LogP contribution in [0.15, 0.2) is 110 Å². The molecule has 0 heterocycles. The van der Waals surface area contributed by atoms with Crippen molar-refractivity contribution in [3.8, 4) is 11.1 Å². The summed E-state index contributed by atoms with van der Waals surface area (Å²) in [4.78, 5) is 0. The van der Waals surface area contributed by atoms with Crippen LogP contribution in [0.25, 0.3) is 11.1 Å². The summed E-state index contributed by atoms with van der Waals surface area (Å²) in [5.74, 6) is 0. The van der Waals surface area contributed by atoms with Gasteiger partial charge in [0.25, 0.3) is 0 Å². The van der Waals surface area contributed by atoms with Gasteiger partial charge in [-0.2, -0.15) is 0 Å². The van der Waals surface area contributed by atoms with E-state index in [1.165, 1.54) is 55.6 Å². The number of allylic oxidation sites excluding steroid dienone is 2. The standard InChI is InChI=1S/C33H30/c1-5-7-25-11-15-27(16-12-25)33(28-17-13-26(8-6-2)14-18-28)31-21-23(3)9-19-29(31)30-20-10-24(4)22-32(30)33/h5-6,9-22H,1-2,7-8H2,3-4H3. The highest BCUT2D eigenvalue weighted by molar-refractivity contribution is 5.86. The van der Waals surface area contributed by atoms with Crippen molar-refractivity contribution in [1.82, 2.24) is 0 Å². The summed E-state index contributed by atoms with van der Waals surface area (Å²) in [6.45, 7) is 12.2. The zero-order valence-electron chi connectivity index (χ0n) is 19.6. The van der Waals surface area contributed by atoms with E-state index in [1.54, 1.807) is 0 Å². The molecule has 0 aromatic heterocycles. The SMILES string of the molecule is C=CCc1ccc(C2(c3ccc(CC=C)cc3)c3cc(C)ccc3-c3ccc(C)cc32)cc1. The fraction of sp³-hybridized carbons (Fsp3) is 0.152. The fourth-order valence-electron chi connectivity index (χ4n) is 5.46. The first kappa shape index (κ1) is 21.2. The van der Waals surface area contributed by atoms with Gasteiger partial charge in [-0.1, -0.05) is 108 Å². The second kappa shape index (κ2) is 8.37. The molecular weight excluding hydrogens is 396 g/mol. The van der Waals surface area contributed by atoms with Gasteiger partial charge in [0.15, 0.2) is 0 Å². The molecular formula is C33H30. The first-order valence-electron chi connectivity index (χ1n) is 11.7. The lowest BCUT2D eigenvalue weighted by Crippen LogP contribution is -2.28. The Morgan fingerprint density at radius 1 is 0.576 bits per heavy atom. The minimum atomic E-state index is -0.345. The minimum Gasteiger partial charge on any atom is -0.103 e. The van der Waals surface area contributed by atoms with Crippen molar-refractivity contribution in [2.75, 3.05) is 0 Å². The van der Waals surface area contributed by atoms with E-state index in [2.05, 4.69) is 112 Å². The Balaban J connectivity index is 1.86. The second-order valence-corrected chi connectivity index (χ2v) is 9.23. The summed E-state index contributed by atoms with van der Waals surface area (Å²) in [7, 11) is 0. The number of benzene rings is 4. The highest BCUT2D eigenvalue weighted by Crippen LogP contribution is 2.56. The van der Waals surface area contributed by atoms with Gasteiger partial charge in [0.05, 0.1) is 5.41 Å². The zero-order valence-corrected chi connectivity index (χ0v) is 19.6. The number of hydrogen-bond donors (Lipinski definition) is 0. The molecule has 4 aromatic rings. The predicted octanol–water partition coefficient (Wildman–Crippen LogP) is 8.12. The van der Waals surface area contributed by atoms with Crippen molar-refractivity contribution in [1.29, 1.82) is 0 Å². The van der Waals surface area contributed by atoms with Crippen molar-refractivity contribution in [2.45, 2.75) is 32.1 Å². The van der Waals surface area contributed by atoms with Gasteiger partial charge in [0, 0.05) is 0 Å². The molecule has 0 fully saturated rings. The van der Waals surface area contributed by atoms with E-state index < -0.39 is 0 Å². The molecule has 0 N–H and O–H groups in total. The van der Waals surface area contributed by atoms with Crippen LogP contribution in [-0.2, 0) is 18.3 Å². The molecule has 0 nitrogen and oxygen atoms in total. The molecule has 0 amide bonds. The molecule has 33 heavy (non-hydrogen) atoms. The zero-order chi connectivity index (χ0) is 23.0. The molecule has 4 aromatic carbocycles. The molecule has 0 aliphatic heterocycles. The molecule has 0 saturated heterocycles. The maximum atomic E-state index is 3.91. The van der Waals surface area contributed by atoms with E-state index in [-0.39, 0.29) is 5.41 Å². The van der Waals surface area contributed by atoms with Crippen LogP contribution in [0, 0.1) is 13.8 Å². The highest BCUT2D eigenvalue weighted by atomic mass is 14.5. The second-order valence-electron chi connectivity index (χ2n) is 9.23. The van der Waals surface area contributed by atoms with Crippen molar-refractivity contribution < 1.29 is 0 Å². The van der Waals surface area contributed by atoms with Gasteiger partial charge >= 0.3 is 0 Å². The molecule has 1 aliphatic rings. The van der Waals surface area contributed by atoms with Crippen LogP contribution in [0.3, 0.4) is 0 Å². The summed E-state index contributed by atoms with van der Waals surface area (Å²) < 4.78 is 0. The molecule has 1 aliphatic carbocycles. The average molecular weight is 427 g/mol. The van der Waals surface area contributed by atoms with Gasteiger partial charge < -0.3 is 0 Å². The van der Waals surface area contributed by atoms with Crippen molar-refractivity contribution >= 4 is 0 Å². The Kier molecular flexibility index (Phi) is 5.38. The van der Waals surface area contributed by atoms with Crippen molar-refractivity contribution in [3.63, 3.8) is 0 Å². The van der Waals surface area contributed by atoms with E-state index in [0.29, 0.717) is 0 Å². The van der Waals surface area contributed by atoms with E-state index in [9.17, 15) is 0 Å². The number of hydrogen-bond acceptors (Lipinski definition) is 0. The Morgan fingerprint density at radius 3 is 1.33 bits per heavy atom. The monoisotopic (exact) mass is 426 g/mol. The largest absolute Gasteiger partial charge is 0.103 e. The molecule has 0 spiro atoms. The summed E-state index contributed by atoms with van der Waals surface area (Å²) in [5, 5.41) is 0. The number of rotatable bonds is 6. The summed E-state index contributed by atoms with van der Waals surface area (Å²) >= 11 is 0. The van der Waals surface area contributed by atoms with Crippen LogP contribution >= 0.6 is 0 Å². The predicted molar refractivity (Wildman–Crippen MR) is 141 cm³/mol. The normalized spacial score (nSPS) is 13.3. The summed E-state index contributed by atoms with van der Waals surface area (Å²) in [6.07, 6.45) is 5.70. The maximum Gasteiger partial charge on any atom is 0.0713 e. The Labute approximate surface area is 198 Å². The first-order chi connectivity index (χ1) is 16.1. The van der Waals surface area contributed by atoms with Crippen molar-refractivity contribution in [3.05, 3.63) is 155 Å². The Morgan fingerprint density at radius 2 is 0.970 bits per heavy atom. The van der Waals surface area contributed by atoms with Crippen molar-refractivity contribution in [2.24, 2.45) is 0 Å². The molecule has 5 rings (SSSR count). The third kappa shape index (κ3) is 3.38. The Bertz CT molecular complexity index is 1230. The lowest BCUT2D eigenvalue weighted by Gasteiger charge is -2.34. The maximum absolute atomic E-state index is 3.91. The van der Waals surface area contributed by atoms with Gasteiger partial charge in [0.2, 0.25) is 0 Å². The van der Waals surface area contributed by atoms with Crippen LogP contribution in [0.2, 0.25) is 0 Å². The topological polar surface area (TPSA) is 0 Å². The first-order valence-corrected chi connectivity index (χ1v) is 11.7. The van der Waals surface area contributed by atoms with E-state index in [0.717, 1.165) is 12.8 Å². The summed E-state index contributed by atoms with van der Waals surface area (Å²) in [5.41, 5.74) is 12.8. The molecule has 162 valence electrons. The van der Waals surface area contributed by atoms with Crippen LogP contribution in [-0.4, -0.2) is 0 Å². The van der Waals surface area contributed by atoms with Gasteiger partial charge in [-0.05, 0) is 71.2 Å². The minimum absolute atomic E-state index is 0.345. The van der Waals surface area contributed by atoms with Crippen LogP contribution in [0.4, 0.5) is 0 Å². The number of aryl methyl sites for hydroxylation is 2. The average Bonchev–Trinajstić information content (AvgIpc) is 3.10. The van der Waals surface area contributed by atoms with Gasteiger partial charge in [-0.15, -0.1) is 13.2 Å². The summed E-state index contributed by atoms with van der Waals surface area (Å²) in [6, 6.07) is 32.2. The third-order valence-corrected chi connectivity index (χ3v) is 6.98. The quantitative estimate of drug-likeness (QED) is 0.240. The molecule has 0 saturated carbocycles. The van der Waals surface area contributed by atoms with E-state index >= 15 is 0 Å². The van der Waals surface area contributed by atoms with E-state index in [4.69, 9.17) is 0 Å². The van der Waals surface area contributed by atoms with E-state index in [1.807, 2.05) is 12.2 Å². The lowest BCUT2D eigenvalue weighted by molar-refractivity contribution is 0.765. The van der Waals surface area contributed by atoms with Gasteiger partial charge in [0.1, 0.15) is 0 Å². The smallest absolute Gasteiger partial charge is 0.0713 e. The molecule has 0 atom stereocenters. The van der Waals surface area contributed by atoms with Crippen LogP contribution in [0.5, 0.6) is 0 Å². The van der Waals surface area contributed by atoms with Crippen LogP contribution < -0.4 is 0 Å². The lowest BCUT2D eigenvalue weighted by atomic mass is 9.67. The highest BCUT2D eigenvalue weighted by Gasteiger charge is 2.46.